The van der Waals surface area contributed by atoms with Gasteiger partial charge in [-0.2, -0.15) is 0 Å². The van der Waals surface area contributed by atoms with Crippen LogP contribution in [0.1, 0.15) is 29.7 Å². The van der Waals surface area contributed by atoms with Gasteiger partial charge in [0.15, 0.2) is 0 Å². The molecule has 1 aliphatic rings. The van der Waals surface area contributed by atoms with Gasteiger partial charge in [0.2, 0.25) is 0 Å². The lowest BCUT2D eigenvalue weighted by molar-refractivity contribution is 0.122. The summed E-state index contributed by atoms with van der Waals surface area (Å²) in [4.78, 5) is 5.09. The van der Waals surface area contributed by atoms with E-state index in [4.69, 9.17) is 5.73 Å². The van der Waals surface area contributed by atoms with Crippen LogP contribution in [0.3, 0.4) is 0 Å². The Labute approximate surface area is 139 Å². The number of hydrogen-bond acceptors (Lipinski definition) is 3. The van der Waals surface area contributed by atoms with Crippen LogP contribution in [0.15, 0.2) is 54.6 Å². The predicted molar refractivity (Wildman–Crippen MR) is 96.0 cm³/mol. The van der Waals surface area contributed by atoms with E-state index in [1.807, 2.05) is 6.92 Å². The fraction of sp³-hybridized carbons (Fsp3) is 0.400. The Balaban J connectivity index is 1.47. The van der Waals surface area contributed by atoms with Crippen LogP contribution in [0.2, 0.25) is 0 Å². The summed E-state index contributed by atoms with van der Waals surface area (Å²) in [6.45, 7) is 8.71. The molecule has 2 aromatic carbocycles. The summed E-state index contributed by atoms with van der Waals surface area (Å²) in [5, 5.41) is 0. The number of hydrogen-bond donors (Lipinski definition) is 1. The number of nitrogens with zero attached hydrogens (tertiary/aromatic N) is 2. The Morgan fingerprint density at radius 1 is 0.783 bits per heavy atom. The molecule has 1 saturated heterocycles. The van der Waals surface area contributed by atoms with Crippen molar-refractivity contribution >= 4 is 0 Å². The average Bonchev–Trinajstić information content (AvgIpc) is 2.58. The summed E-state index contributed by atoms with van der Waals surface area (Å²) in [5.41, 5.74) is 9.91. The molecule has 2 aromatic rings. The molecule has 1 atom stereocenters. The first-order chi connectivity index (χ1) is 11.2. The van der Waals surface area contributed by atoms with Gasteiger partial charge >= 0.3 is 0 Å². The molecule has 3 nitrogen and oxygen atoms in total. The van der Waals surface area contributed by atoms with Crippen LogP contribution in [0, 0.1) is 0 Å². The standard InChI is InChI=1S/C20H27N3/c1-17(21)20-9-7-19(8-10-20)16-23-13-11-22(12-14-23)15-18-5-3-2-4-6-18/h2-10,17H,11-16,21H2,1H3. The summed E-state index contributed by atoms with van der Waals surface area (Å²) in [5.74, 6) is 0. The van der Waals surface area contributed by atoms with Gasteiger partial charge in [-0.25, -0.2) is 0 Å². The normalized spacial score (nSPS) is 18.0. The maximum absolute atomic E-state index is 5.91. The third kappa shape index (κ3) is 4.64. The molecule has 2 N–H and O–H groups in total. The van der Waals surface area contributed by atoms with Crippen molar-refractivity contribution in [3.05, 3.63) is 71.3 Å². The molecule has 0 spiro atoms. The van der Waals surface area contributed by atoms with Gasteiger partial charge in [0.05, 0.1) is 0 Å². The van der Waals surface area contributed by atoms with Crippen molar-refractivity contribution in [2.75, 3.05) is 26.2 Å². The topological polar surface area (TPSA) is 32.5 Å². The second kappa shape index (κ2) is 7.73. The molecule has 1 aliphatic heterocycles. The molecule has 1 unspecified atom stereocenters. The minimum absolute atomic E-state index is 0.116. The zero-order valence-electron chi connectivity index (χ0n) is 14.0. The van der Waals surface area contributed by atoms with Gasteiger partial charge in [-0.15, -0.1) is 0 Å². The highest BCUT2D eigenvalue weighted by molar-refractivity contribution is 5.24. The van der Waals surface area contributed by atoms with E-state index in [1.54, 1.807) is 0 Å². The lowest BCUT2D eigenvalue weighted by Gasteiger charge is -2.34. The number of piperazine rings is 1. The van der Waals surface area contributed by atoms with Crippen LogP contribution in [-0.2, 0) is 13.1 Å². The van der Waals surface area contributed by atoms with Gasteiger partial charge in [-0.3, -0.25) is 9.80 Å². The third-order valence-electron chi connectivity index (χ3n) is 4.63. The lowest BCUT2D eigenvalue weighted by atomic mass is 10.1. The number of rotatable bonds is 5. The van der Waals surface area contributed by atoms with Crippen molar-refractivity contribution in [2.45, 2.75) is 26.1 Å². The van der Waals surface area contributed by atoms with E-state index >= 15 is 0 Å². The molecule has 1 heterocycles. The number of nitrogens with two attached hydrogens (primary N) is 1. The summed E-state index contributed by atoms with van der Waals surface area (Å²) in [6, 6.07) is 19.6. The first-order valence-electron chi connectivity index (χ1n) is 8.54. The zero-order valence-corrected chi connectivity index (χ0v) is 14.0. The monoisotopic (exact) mass is 309 g/mol. The maximum atomic E-state index is 5.91. The number of benzene rings is 2. The van der Waals surface area contributed by atoms with E-state index in [2.05, 4.69) is 64.4 Å². The molecule has 0 aromatic heterocycles. The van der Waals surface area contributed by atoms with Crippen LogP contribution in [0.5, 0.6) is 0 Å². The molecule has 0 saturated carbocycles. The molecule has 1 fully saturated rings. The van der Waals surface area contributed by atoms with E-state index in [1.165, 1.54) is 16.7 Å². The fourth-order valence-electron chi connectivity index (χ4n) is 3.13. The Morgan fingerprint density at radius 2 is 1.26 bits per heavy atom. The minimum Gasteiger partial charge on any atom is -0.324 e. The highest BCUT2D eigenvalue weighted by Crippen LogP contribution is 2.14. The molecule has 0 amide bonds. The van der Waals surface area contributed by atoms with E-state index in [-0.39, 0.29) is 6.04 Å². The molecular formula is C20H27N3. The molecule has 3 heteroatoms. The molecule has 3 rings (SSSR count). The van der Waals surface area contributed by atoms with Gasteiger partial charge in [0.25, 0.3) is 0 Å². The molecule has 122 valence electrons. The Hall–Kier alpha value is -1.68. The van der Waals surface area contributed by atoms with Crippen molar-refractivity contribution in [3.8, 4) is 0 Å². The maximum Gasteiger partial charge on any atom is 0.0266 e. The third-order valence-corrected chi connectivity index (χ3v) is 4.63. The van der Waals surface area contributed by atoms with Crippen molar-refractivity contribution in [2.24, 2.45) is 5.73 Å². The van der Waals surface area contributed by atoms with Crippen LogP contribution < -0.4 is 5.73 Å². The van der Waals surface area contributed by atoms with E-state index in [0.29, 0.717) is 0 Å². The molecule has 0 bridgehead atoms. The van der Waals surface area contributed by atoms with Gasteiger partial charge in [0, 0.05) is 45.3 Å². The first kappa shape index (κ1) is 16.2. The van der Waals surface area contributed by atoms with Crippen LogP contribution >= 0.6 is 0 Å². The largest absolute Gasteiger partial charge is 0.324 e. The average molecular weight is 309 g/mol. The van der Waals surface area contributed by atoms with E-state index < -0.39 is 0 Å². The van der Waals surface area contributed by atoms with Gasteiger partial charge in [-0.05, 0) is 23.6 Å². The first-order valence-corrected chi connectivity index (χ1v) is 8.54. The second-order valence-corrected chi connectivity index (χ2v) is 6.57. The van der Waals surface area contributed by atoms with Crippen molar-refractivity contribution < 1.29 is 0 Å². The fourth-order valence-corrected chi connectivity index (χ4v) is 3.13. The summed E-state index contributed by atoms with van der Waals surface area (Å²) < 4.78 is 0. The van der Waals surface area contributed by atoms with Crippen molar-refractivity contribution in [1.82, 2.24) is 9.80 Å². The molecule has 0 radical (unpaired) electrons. The predicted octanol–water partition coefficient (Wildman–Crippen LogP) is 3.02. The molecular weight excluding hydrogens is 282 g/mol. The summed E-state index contributed by atoms with van der Waals surface area (Å²) in [6.07, 6.45) is 0. The van der Waals surface area contributed by atoms with Gasteiger partial charge in [0.1, 0.15) is 0 Å². The van der Waals surface area contributed by atoms with Crippen LogP contribution in [0.25, 0.3) is 0 Å². The lowest BCUT2D eigenvalue weighted by Crippen LogP contribution is -2.45. The highest BCUT2D eigenvalue weighted by Gasteiger charge is 2.17. The Morgan fingerprint density at radius 3 is 1.74 bits per heavy atom. The quantitative estimate of drug-likeness (QED) is 0.921. The van der Waals surface area contributed by atoms with E-state index in [0.717, 1.165) is 39.3 Å². The summed E-state index contributed by atoms with van der Waals surface area (Å²) >= 11 is 0. The van der Waals surface area contributed by atoms with Crippen LogP contribution in [-0.4, -0.2) is 36.0 Å². The second-order valence-electron chi connectivity index (χ2n) is 6.57. The SMILES string of the molecule is CC(N)c1ccc(CN2CCN(Cc3ccccc3)CC2)cc1. The molecule has 0 aliphatic carbocycles. The Bertz CT molecular complexity index is 584. The van der Waals surface area contributed by atoms with E-state index in [9.17, 15) is 0 Å². The molecule has 23 heavy (non-hydrogen) atoms. The summed E-state index contributed by atoms with van der Waals surface area (Å²) in [7, 11) is 0. The Kier molecular flexibility index (Phi) is 5.44. The smallest absolute Gasteiger partial charge is 0.0266 e. The van der Waals surface area contributed by atoms with Crippen molar-refractivity contribution in [1.29, 1.82) is 0 Å². The zero-order chi connectivity index (χ0) is 16.1. The highest BCUT2D eigenvalue weighted by atomic mass is 15.3. The van der Waals surface area contributed by atoms with Crippen LogP contribution in [0.4, 0.5) is 0 Å². The van der Waals surface area contributed by atoms with Gasteiger partial charge in [-0.1, -0.05) is 54.6 Å². The van der Waals surface area contributed by atoms with Crippen molar-refractivity contribution in [3.63, 3.8) is 0 Å². The minimum atomic E-state index is 0.116. The van der Waals surface area contributed by atoms with Gasteiger partial charge < -0.3 is 5.73 Å².